The van der Waals surface area contributed by atoms with E-state index in [9.17, 15) is 9.59 Å². The van der Waals surface area contributed by atoms with Gasteiger partial charge in [-0.05, 0) is 6.07 Å². The molecule has 0 saturated heterocycles. The Balaban J connectivity index is 1.91. The molecular weight excluding hydrogens is 292 g/mol. The Bertz CT molecular complexity index is 777. The van der Waals surface area contributed by atoms with E-state index in [-0.39, 0.29) is 11.3 Å². The van der Waals surface area contributed by atoms with E-state index in [1.807, 2.05) is 12.1 Å². The molecule has 0 fully saturated rings. The van der Waals surface area contributed by atoms with Crippen molar-refractivity contribution in [1.29, 1.82) is 0 Å². The van der Waals surface area contributed by atoms with Gasteiger partial charge in [0.1, 0.15) is 6.26 Å². The standard InChI is InChI=1S/C19H14O4/c20-17(14-7-3-1-4-8-14)18(15-9-5-2-6-10-15)23-19(21)16-11-12-22-13-16/h1-13,18H. The van der Waals surface area contributed by atoms with Crippen LogP contribution in [0.15, 0.2) is 83.7 Å². The Kier molecular flexibility index (Phi) is 4.34. The van der Waals surface area contributed by atoms with Crippen LogP contribution in [0.3, 0.4) is 0 Å². The van der Waals surface area contributed by atoms with Crippen LogP contribution in [0.2, 0.25) is 0 Å². The van der Waals surface area contributed by atoms with E-state index >= 15 is 0 Å². The molecule has 0 spiro atoms. The third kappa shape index (κ3) is 3.37. The number of carbonyl (C=O) groups excluding carboxylic acids is 2. The molecule has 0 amide bonds. The summed E-state index contributed by atoms with van der Waals surface area (Å²) in [6.07, 6.45) is 1.67. The van der Waals surface area contributed by atoms with Crippen LogP contribution in [-0.2, 0) is 4.74 Å². The minimum absolute atomic E-state index is 0.270. The molecule has 1 aromatic heterocycles. The lowest BCUT2D eigenvalue weighted by atomic mass is 10.00. The molecule has 3 rings (SSSR count). The van der Waals surface area contributed by atoms with Crippen molar-refractivity contribution in [2.45, 2.75) is 6.10 Å². The summed E-state index contributed by atoms with van der Waals surface area (Å²) < 4.78 is 10.3. The van der Waals surface area contributed by atoms with Crippen molar-refractivity contribution in [2.24, 2.45) is 0 Å². The first-order chi connectivity index (χ1) is 11.3. The SMILES string of the molecule is O=C(OC(C(=O)c1ccccc1)c1ccccc1)c1ccoc1. The van der Waals surface area contributed by atoms with Crippen LogP contribution in [0.5, 0.6) is 0 Å². The second-order valence-electron chi connectivity index (χ2n) is 4.94. The number of hydrogen-bond acceptors (Lipinski definition) is 4. The van der Waals surface area contributed by atoms with Gasteiger partial charge in [0, 0.05) is 11.1 Å². The average molecular weight is 306 g/mol. The van der Waals surface area contributed by atoms with Gasteiger partial charge in [-0.2, -0.15) is 0 Å². The third-order valence-electron chi connectivity index (χ3n) is 3.38. The molecule has 0 aliphatic carbocycles. The highest BCUT2D eigenvalue weighted by Gasteiger charge is 2.26. The van der Waals surface area contributed by atoms with Gasteiger partial charge in [-0.25, -0.2) is 4.79 Å². The molecule has 0 aliphatic heterocycles. The first kappa shape index (κ1) is 14.8. The molecule has 23 heavy (non-hydrogen) atoms. The van der Waals surface area contributed by atoms with Crippen molar-refractivity contribution in [3.8, 4) is 0 Å². The molecule has 1 atom stereocenters. The van der Waals surface area contributed by atoms with Crippen LogP contribution in [0, 0.1) is 0 Å². The molecule has 114 valence electrons. The predicted octanol–water partition coefficient (Wildman–Crippen LogP) is 4.06. The molecule has 1 unspecified atom stereocenters. The van der Waals surface area contributed by atoms with Crippen molar-refractivity contribution in [3.05, 3.63) is 95.9 Å². The number of ether oxygens (including phenoxy) is 1. The second kappa shape index (κ2) is 6.75. The second-order valence-corrected chi connectivity index (χ2v) is 4.94. The number of Topliss-reactive ketones (excluding diaryl/α,β-unsaturated/α-hetero) is 1. The first-order valence-electron chi connectivity index (χ1n) is 7.13. The van der Waals surface area contributed by atoms with Crippen molar-refractivity contribution in [3.63, 3.8) is 0 Å². The normalized spacial score (nSPS) is 11.7. The van der Waals surface area contributed by atoms with Crippen LogP contribution >= 0.6 is 0 Å². The summed E-state index contributed by atoms with van der Waals surface area (Å²) >= 11 is 0. The predicted molar refractivity (Wildman–Crippen MR) is 84.1 cm³/mol. The van der Waals surface area contributed by atoms with E-state index in [0.29, 0.717) is 11.1 Å². The molecule has 3 aromatic rings. The fraction of sp³-hybridized carbons (Fsp3) is 0.0526. The molecule has 0 aliphatic rings. The topological polar surface area (TPSA) is 56.5 Å². The lowest BCUT2D eigenvalue weighted by molar-refractivity contribution is 0.0279. The van der Waals surface area contributed by atoms with E-state index < -0.39 is 12.1 Å². The van der Waals surface area contributed by atoms with Crippen LogP contribution < -0.4 is 0 Å². The Labute approximate surface area is 133 Å². The summed E-state index contributed by atoms with van der Waals surface area (Å²) in [4.78, 5) is 24.9. The highest BCUT2D eigenvalue weighted by Crippen LogP contribution is 2.24. The fourth-order valence-electron chi connectivity index (χ4n) is 2.21. The minimum Gasteiger partial charge on any atom is -0.472 e. The van der Waals surface area contributed by atoms with Gasteiger partial charge in [-0.15, -0.1) is 0 Å². The highest BCUT2D eigenvalue weighted by atomic mass is 16.5. The minimum atomic E-state index is -0.999. The maximum absolute atomic E-state index is 12.7. The van der Waals surface area contributed by atoms with Crippen LogP contribution in [-0.4, -0.2) is 11.8 Å². The smallest absolute Gasteiger partial charge is 0.342 e. The Hall–Kier alpha value is -3.14. The van der Waals surface area contributed by atoms with Crippen molar-refractivity contribution in [1.82, 2.24) is 0 Å². The molecule has 0 saturated carbocycles. The van der Waals surface area contributed by atoms with Gasteiger partial charge in [-0.3, -0.25) is 4.79 Å². The fourth-order valence-corrected chi connectivity index (χ4v) is 2.21. The number of esters is 1. The van der Waals surface area contributed by atoms with E-state index in [0.717, 1.165) is 0 Å². The van der Waals surface area contributed by atoms with E-state index in [2.05, 4.69) is 0 Å². The Morgan fingerprint density at radius 1 is 0.826 bits per heavy atom. The van der Waals surface area contributed by atoms with Gasteiger partial charge in [0.2, 0.25) is 5.78 Å². The molecule has 2 aromatic carbocycles. The highest BCUT2D eigenvalue weighted by molar-refractivity contribution is 6.02. The molecule has 0 N–H and O–H groups in total. The van der Waals surface area contributed by atoms with E-state index in [1.54, 1.807) is 48.5 Å². The largest absolute Gasteiger partial charge is 0.472 e. The van der Waals surface area contributed by atoms with Crippen molar-refractivity contribution in [2.75, 3.05) is 0 Å². The number of rotatable bonds is 5. The van der Waals surface area contributed by atoms with Gasteiger partial charge in [0.25, 0.3) is 0 Å². The van der Waals surface area contributed by atoms with Crippen molar-refractivity contribution < 1.29 is 18.7 Å². The Morgan fingerprint density at radius 3 is 2.09 bits per heavy atom. The number of benzene rings is 2. The van der Waals surface area contributed by atoms with E-state index in [1.165, 1.54) is 18.6 Å². The zero-order valence-corrected chi connectivity index (χ0v) is 12.2. The van der Waals surface area contributed by atoms with Gasteiger partial charge >= 0.3 is 5.97 Å². The third-order valence-corrected chi connectivity index (χ3v) is 3.38. The molecule has 4 heteroatoms. The van der Waals surface area contributed by atoms with Crippen LogP contribution in [0.25, 0.3) is 0 Å². The number of carbonyl (C=O) groups is 2. The molecule has 0 radical (unpaired) electrons. The number of furan rings is 1. The summed E-state index contributed by atoms with van der Waals surface area (Å²) in [7, 11) is 0. The summed E-state index contributed by atoms with van der Waals surface area (Å²) in [5.41, 5.74) is 1.38. The molecule has 0 bridgehead atoms. The van der Waals surface area contributed by atoms with Gasteiger partial charge in [-0.1, -0.05) is 60.7 Å². The lowest BCUT2D eigenvalue weighted by Crippen LogP contribution is -2.20. The van der Waals surface area contributed by atoms with E-state index in [4.69, 9.17) is 9.15 Å². The van der Waals surface area contributed by atoms with Crippen LogP contribution in [0.4, 0.5) is 0 Å². The summed E-state index contributed by atoms with van der Waals surface area (Å²) in [6.45, 7) is 0. The first-order valence-corrected chi connectivity index (χ1v) is 7.13. The zero-order valence-electron chi connectivity index (χ0n) is 12.2. The van der Waals surface area contributed by atoms with Gasteiger partial charge in [0.05, 0.1) is 11.8 Å². The average Bonchev–Trinajstić information content (AvgIpc) is 3.15. The zero-order chi connectivity index (χ0) is 16.1. The maximum atomic E-state index is 12.7. The molecule has 4 nitrogen and oxygen atoms in total. The summed E-state index contributed by atoms with van der Waals surface area (Å²) in [5, 5.41) is 0. The lowest BCUT2D eigenvalue weighted by Gasteiger charge is -2.17. The number of ketones is 1. The van der Waals surface area contributed by atoms with Crippen LogP contribution in [0.1, 0.15) is 32.4 Å². The van der Waals surface area contributed by atoms with Gasteiger partial charge in [0.15, 0.2) is 6.10 Å². The van der Waals surface area contributed by atoms with Gasteiger partial charge < -0.3 is 9.15 Å². The van der Waals surface area contributed by atoms with Crippen molar-refractivity contribution >= 4 is 11.8 Å². The quantitative estimate of drug-likeness (QED) is 0.527. The maximum Gasteiger partial charge on any atom is 0.342 e. The Morgan fingerprint density at radius 2 is 1.48 bits per heavy atom. The number of hydrogen-bond donors (Lipinski definition) is 0. The molecule has 1 heterocycles. The summed E-state index contributed by atoms with van der Waals surface area (Å²) in [5.74, 6) is -0.870. The molecular formula is C19H14O4. The summed E-state index contributed by atoms with van der Waals surface area (Å²) in [6, 6.07) is 19.2. The monoisotopic (exact) mass is 306 g/mol.